The Kier molecular flexibility index (Phi) is 15.6. The molecule has 0 amide bonds. The maximum Gasteiger partial charge on any atom is 0.198 e. The number of carbonyl (C=O) groups excluding carboxylic acids is 1. The summed E-state index contributed by atoms with van der Waals surface area (Å²) >= 11 is 0. The van der Waals surface area contributed by atoms with Gasteiger partial charge >= 0.3 is 0 Å². The van der Waals surface area contributed by atoms with E-state index in [1.807, 2.05) is 0 Å². The summed E-state index contributed by atoms with van der Waals surface area (Å²) in [5, 5.41) is 20.3. The second-order valence-corrected chi connectivity index (χ2v) is 8.79. The molecule has 0 saturated carbocycles. The molecule has 0 fully saturated rings. The summed E-state index contributed by atoms with van der Waals surface area (Å²) in [6, 6.07) is 0. The molecule has 0 aliphatic carbocycles. The van der Waals surface area contributed by atoms with Crippen LogP contribution in [0.4, 0.5) is 0 Å². The van der Waals surface area contributed by atoms with Gasteiger partial charge in [0.25, 0.3) is 0 Å². The van der Waals surface area contributed by atoms with Gasteiger partial charge in [-0.25, -0.2) is 4.99 Å². The molecule has 5 nitrogen and oxygen atoms in total. The van der Waals surface area contributed by atoms with Gasteiger partial charge in [0.2, 0.25) is 0 Å². The average Bonchev–Trinajstić information content (AvgIpc) is 3.12. The highest BCUT2D eigenvalue weighted by Gasteiger charge is 2.36. The number of hydrogen-bond acceptors (Lipinski definition) is 4. The first kappa shape index (κ1) is 26.8. The minimum absolute atomic E-state index is 0.0331. The van der Waals surface area contributed by atoms with Gasteiger partial charge < -0.3 is 15.0 Å². The Hall–Kier alpha value is -1.20. The Morgan fingerprint density at radius 2 is 1.57 bits per heavy atom. The van der Waals surface area contributed by atoms with Crippen LogP contribution in [-0.4, -0.2) is 54.2 Å². The summed E-state index contributed by atoms with van der Waals surface area (Å²) in [6.45, 7) is 4.95. The number of aliphatic hydroxyl groups is 1. The van der Waals surface area contributed by atoms with E-state index in [0.29, 0.717) is 17.6 Å². The van der Waals surface area contributed by atoms with Crippen molar-refractivity contribution >= 4 is 11.8 Å². The van der Waals surface area contributed by atoms with Crippen molar-refractivity contribution in [2.75, 3.05) is 32.8 Å². The largest absolute Gasteiger partial charge is 0.550 e. The van der Waals surface area contributed by atoms with E-state index in [-0.39, 0.29) is 13.0 Å². The smallest absolute Gasteiger partial charge is 0.198 e. The second kappa shape index (κ2) is 17.5. The molecule has 0 aromatic carbocycles. The Morgan fingerprint density at radius 1 is 0.967 bits per heavy atom. The number of quaternary nitrogens is 1. The number of aliphatic imine (C=N–C) groups is 1. The third-order valence-corrected chi connectivity index (χ3v) is 6.30. The maximum atomic E-state index is 10.9. The van der Waals surface area contributed by atoms with Crippen LogP contribution in [0.1, 0.15) is 103 Å². The lowest BCUT2D eigenvalue weighted by molar-refractivity contribution is -0.836. The lowest BCUT2D eigenvalue weighted by atomic mass is 10.1. The summed E-state index contributed by atoms with van der Waals surface area (Å²) in [7, 11) is 0. The molecule has 0 saturated heterocycles. The number of amidine groups is 1. The number of carboxylic acids is 1. The van der Waals surface area contributed by atoms with Crippen LogP contribution in [0.2, 0.25) is 0 Å². The predicted octanol–water partition coefficient (Wildman–Crippen LogP) is 4.39. The summed E-state index contributed by atoms with van der Waals surface area (Å²) in [6.07, 6.45) is 22.4. The highest BCUT2D eigenvalue weighted by atomic mass is 16.4. The molecule has 0 aromatic rings. The molecule has 5 heteroatoms. The molecule has 1 unspecified atom stereocenters. The SMILES string of the molecule is CCCCCCCC/C=C/CCCCCCCC1=NCC[N+]1(CCO)CCC(=O)[O-]. The van der Waals surface area contributed by atoms with Crippen molar-refractivity contribution in [2.45, 2.75) is 103 Å². The molecule has 174 valence electrons. The van der Waals surface area contributed by atoms with Crippen molar-refractivity contribution in [3.8, 4) is 0 Å². The summed E-state index contributed by atoms with van der Waals surface area (Å²) in [5.41, 5.74) is 0. The quantitative estimate of drug-likeness (QED) is 0.180. The van der Waals surface area contributed by atoms with E-state index in [0.717, 1.165) is 31.8 Å². The third-order valence-electron chi connectivity index (χ3n) is 6.30. The van der Waals surface area contributed by atoms with Crippen LogP contribution in [0, 0.1) is 0 Å². The van der Waals surface area contributed by atoms with Crippen LogP contribution in [0.5, 0.6) is 0 Å². The Balaban J connectivity index is 2.06. The first-order chi connectivity index (χ1) is 14.6. The van der Waals surface area contributed by atoms with Crippen molar-refractivity contribution in [3.63, 3.8) is 0 Å². The number of nitrogens with zero attached hydrogens (tertiary/aromatic N) is 2. The standard InChI is InChI=1S/C25H46N2O3/c1-2-3-4-5-6-7-8-9-10-11-12-13-14-15-16-17-24-26-19-21-27(24,22-23-28)20-18-25(29)30/h9-10,28H,2-8,11-23H2,1H3/b10-9+. The lowest BCUT2D eigenvalue weighted by Crippen LogP contribution is -2.54. The number of hydrogen-bond donors (Lipinski definition) is 1. The van der Waals surface area contributed by atoms with E-state index in [4.69, 9.17) is 0 Å². The van der Waals surface area contributed by atoms with Gasteiger partial charge in [-0.3, -0.25) is 4.48 Å². The molecule has 1 aliphatic heterocycles. The molecule has 0 radical (unpaired) electrons. The fourth-order valence-electron chi connectivity index (χ4n) is 4.41. The third kappa shape index (κ3) is 11.8. The maximum absolute atomic E-state index is 10.9. The zero-order valence-electron chi connectivity index (χ0n) is 19.5. The summed E-state index contributed by atoms with van der Waals surface area (Å²) in [4.78, 5) is 15.5. The number of carbonyl (C=O) groups is 1. The minimum atomic E-state index is -1.02. The van der Waals surface area contributed by atoms with Crippen LogP contribution in [0.3, 0.4) is 0 Å². The van der Waals surface area contributed by atoms with Crippen molar-refractivity contribution in [3.05, 3.63) is 12.2 Å². The Bertz CT molecular complexity index is 505. The Labute approximate surface area is 184 Å². The number of allylic oxidation sites excluding steroid dienone is 2. The van der Waals surface area contributed by atoms with Gasteiger partial charge in [0.05, 0.1) is 19.7 Å². The normalized spacial score (nSPS) is 18.9. The second-order valence-electron chi connectivity index (χ2n) is 8.79. The van der Waals surface area contributed by atoms with Gasteiger partial charge in [0.1, 0.15) is 13.1 Å². The van der Waals surface area contributed by atoms with Crippen molar-refractivity contribution < 1.29 is 19.5 Å². The fraction of sp³-hybridized carbons (Fsp3) is 0.840. The number of rotatable bonds is 20. The van der Waals surface area contributed by atoms with Crippen molar-refractivity contribution in [2.24, 2.45) is 4.99 Å². The van der Waals surface area contributed by atoms with Gasteiger partial charge in [0, 0.05) is 18.8 Å². The minimum Gasteiger partial charge on any atom is -0.550 e. The molecule has 1 aliphatic rings. The van der Waals surface area contributed by atoms with Crippen LogP contribution < -0.4 is 5.11 Å². The molecule has 1 rings (SSSR count). The molecule has 1 atom stereocenters. The molecule has 1 N–H and O–H groups in total. The summed E-state index contributed by atoms with van der Waals surface area (Å²) < 4.78 is 0.549. The fourth-order valence-corrected chi connectivity index (χ4v) is 4.41. The number of unbranched alkanes of at least 4 members (excludes halogenated alkanes) is 11. The summed E-state index contributed by atoms with van der Waals surface area (Å²) in [5.74, 6) is 0.0700. The van der Waals surface area contributed by atoms with Gasteiger partial charge in [-0.2, -0.15) is 0 Å². The van der Waals surface area contributed by atoms with Crippen LogP contribution >= 0.6 is 0 Å². The number of carboxylic acid groups (broad SMARTS) is 1. The van der Waals surface area contributed by atoms with E-state index in [9.17, 15) is 15.0 Å². The van der Waals surface area contributed by atoms with Crippen molar-refractivity contribution in [1.82, 2.24) is 0 Å². The lowest BCUT2D eigenvalue weighted by Gasteiger charge is -2.34. The predicted molar refractivity (Wildman–Crippen MR) is 123 cm³/mol. The zero-order chi connectivity index (χ0) is 21.9. The Morgan fingerprint density at radius 3 is 2.17 bits per heavy atom. The van der Waals surface area contributed by atoms with Crippen molar-refractivity contribution in [1.29, 1.82) is 0 Å². The zero-order valence-corrected chi connectivity index (χ0v) is 19.5. The van der Waals surface area contributed by atoms with Crippen LogP contribution in [0.15, 0.2) is 17.1 Å². The van der Waals surface area contributed by atoms with Gasteiger partial charge in [-0.1, -0.05) is 70.4 Å². The number of aliphatic carboxylic acids is 1. The molecule has 30 heavy (non-hydrogen) atoms. The van der Waals surface area contributed by atoms with E-state index in [1.165, 1.54) is 77.0 Å². The molecule has 0 bridgehead atoms. The molecule has 0 spiro atoms. The van der Waals surface area contributed by atoms with Crippen LogP contribution in [0.25, 0.3) is 0 Å². The topological polar surface area (TPSA) is 72.7 Å². The molecular formula is C25H46N2O3. The first-order valence-corrected chi connectivity index (χ1v) is 12.5. The number of aliphatic hydroxyl groups excluding tert-OH is 1. The van der Waals surface area contributed by atoms with Gasteiger partial charge in [-0.05, 0) is 32.1 Å². The van der Waals surface area contributed by atoms with E-state index in [1.54, 1.807) is 0 Å². The highest BCUT2D eigenvalue weighted by Crippen LogP contribution is 2.21. The van der Waals surface area contributed by atoms with E-state index in [2.05, 4.69) is 24.1 Å². The van der Waals surface area contributed by atoms with E-state index < -0.39 is 5.97 Å². The average molecular weight is 423 g/mol. The monoisotopic (exact) mass is 422 g/mol. The highest BCUT2D eigenvalue weighted by molar-refractivity contribution is 5.77. The molecular weight excluding hydrogens is 376 g/mol. The molecule has 0 aromatic heterocycles. The van der Waals surface area contributed by atoms with Gasteiger partial charge in [0.15, 0.2) is 5.84 Å². The van der Waals surface area contributed by atoms with E-state index >= 15 is 0 Å². The van der Waals surface area contributed by atoms with Crippen LogP contribution in [-0.2, 0) is 4.79 Å². The first-order valence-electron chi connectivity index (χ1n) is 12.5. The molecule has 1 heterocycles. The van der Waals surface area contributed by atoms with Gasteiger partial charge in [-0.15, -0.1) is 0 Å².